The molecule has 156 valence electrons. The lowest BCUT2D eigenvalue weighted by molar-refractivity contribution is -0.127. The van der Waals surface area contributed by atoms with Crippen molar-refractivity contribution in [2.24, 2.45) is 11.8 Å². The van der Waals surface area contributed by atoms with Crippen molar-refractivity contribution in [3.05, 3.63) is 35.9 Å². The molecule has 2 atom stereocenters. The Kier molecular flexibility index (Phi) is 8.31. The van der Waals surface area contributed by atoms with Crippen LogP contribution in [0.15, 0.2) is 30.3 Å². The van der Waals surface area contributed by atoms with E-state index in [1.165, 1.54) is 5.56 Å². The van der Waals surface area contributed by atoms with Crippen LogP contribution in [-0.2, 0) is 11.3 Å². The molecule has 1 aromatic rings. The maximum atomic E-state index is 12.8. The van der Waals surface area contributed by atoms with Gasteiger partial charge in [-0.3, -0.25) is 9.69 Å². The monoisotopic (exact) mass is 386 g/mol. The molecular formula is C23H38N4O. The average molecular weight is 387 g/mol. The van der Waals surface area contributed by atoms with Crippen LogP contribution in [0.4, 0.5) is 0 Å². The highest BCUT2D eigenvalue weighted by Crippen LogP contribution is 2.25. The molecule has 5 heteroatoms. The van der Waals surface area contributed by atoms with E-state index in [9.17, 15) is 4.79 Å². The van der Waals surface area contributed by atoms with E-state index in [0.717, 1.165) is 78.2 Å². The van der Waals surface area contributed by atoms with Crippen molar-refractivity contribution >= 4 is 5.91 Å². The van der Waals surface area contributed by atoms with Crippen molar-refractivity contribution in [2.45, 2.75) is 32.7 Å². The minimum atomic E-state index is 0.117. The number of piperazine rings is 1. The third-order valence-corrected chi connectivity index (χ3v) is 6.17. The third kappa shape index (κ3) is 6.57. The maximum absolute atomic E-state index is 12.8. The van der Waals surface area contributed by atoms with Gasteiger partial charge < -0.3 is 15.1 Å². The normalized spacial score (nSPS) is 24.9. The number of carbonyl (C=O) groups excluding carboxylic acids is 1. The number of benzene rings is 1. The van der Waals surface area contributed by atoms with Crippen LogP contribution in [-0.4, -0.2) is 80.0 Å². The van der Waals surface area contributed by atoms with Crippen molar-refractivity contribution < 1.29 is 4.79 Å². The van der Waals surface area contributed by atoms with E-state index >= 15 is 0 Å². The molecule has 1 aromatic carbocycles. The van der Waals surface area contributed by atoms with Crippen LogP contribution in [0.2, 0.25) is 0 Å². The van der Waals surface area contributed by atoms with Crippen LogP contribution in [0, 0.1) is 11.8 Å². The number of unbranched alkanes of at least 4 members (excludes halogenated alkanes) is 1. The van der Waals surface area contributed by atoms with Crippen molar-refractivity contribution in [2.75, 3.05) is 59.4 Å². The molecule has 0 unspecified atom stereocenters. The largest absolute Gasteiger partial charge is 0.356 e. The lowest BCUT2D eigenvalue weighted by atomic mass is 9.87. The lowest BCUT2D eigenvalue weighted by Crippen LogP contribution is -2.51. The van der Waals surface area contributed by atoms with Crippen molar-refractivity contribution in [3.63, 3.8) is 0 Å². The number of carbonyl (C=O) groups is 1. The second kappa shape index (κ2) is 10.9. The Labute approximate surface area is 171 Å². The second-order valence-corrected chi connectivity index (χ2v) is 8.73. The molecule has 0 radical (unpaired) electrons. The Morgan fingerprint density at radius 1 is 1.07 bits per heavy atom. The van der Waals surface area contributed by atoms with Crippen molar-refractivity contribution in [1.82, 2.24) is 20.0 Å². The fraction of sp³-hybridized carbons (Fsp3) is 0.696. The Morgan fingerprint density at radius 2 is 1.82 bits per heavy atom. The van der Waals surface area contributed by atoms with Gasteiger partial charge in [0.2, 0.25) is 5.91 Å². The van der Waals surface area contributed by atoms with Gasteiger partial charge in [-0.05, 0) is 31.4 Å². The molecule has 3 rings (SSSR count). The molecule has 0 spiro atoms. The highest BCUT2D eigenvalue weighted by molar-refractivity contribution is 5.79. The molecule has 1 N–H and O–H groups in total. The van der Waals surface area contributed by atoms with E-state index in [1.807, 2.05) is 0 Å². The van der Waals surface area contributed by atoms with E-state index in [0.29, 0.717) is 5.92 Å². The Morgan fingerprint density at radius 3 is 2.54 bits per heavy atom. The van der Waals surface area contributed by atoms with Gasteiger partial charge in [-0.2, -0.15) is 0 Å². The summed E-state index contributed by atoms with van der Waals surface area (Å²) < 4.78 is 0. The molecule has 0 aromatic heterocycles. The van der Waals surface area contributed by atoms with Crippen LogP contribution in [0.3, 0.4) is 0 Å². The fourth-order valence-corrected chi connectivity index (χ4v) is 4.52. The number of nitrogens with zero attached hydrogens (tertiary/aromatic N) is 3. The Hall–Kier alpha value is -1.43. The molecule has 5 nitrogen and oxygen atoms in total. The first-order valence-corrected chi connectivity index (χ1v) is 11.1. The number of hydrogen-bond donors (Lipinski definition) is 1. The van der Waals surface area contributed by atoms with Gasteiger partial charge in [-0.15, -0.1) is 0 Å². The summed E-state index contributed by atoms with van der Waals surface area (Å²) in [5.41, 5.74) is 1.34. The number of hydrogen-bond acceptors (Lipinski definition) is 4. The summed E-state index contributed by atoms with van der Waals surface area (Å²) in [6, 6.07) is 10.7. The molecular weight excluding hydrogens is 348 g/mol. The van der Waals surface area contributed by atoms with Gasteiger partial charge in [0.15, 0.2) is 0 Å². The number of rotatable bonds is 8. The third-order valence-electron chi connectivity index (χ3n) is 6.17. The quantitative estimate of drug-likeness (QED) is 0.696. The first-order valence-electron chi connectivity index (χ1n) is 11.1. The highest BCUT2D eigenvalue weighted by Gasteiger charge is 2.32. The minimum absolute atomic E-state index is 0.117. The summed E-state index contributed by atoms with van der Waals surface area (Å²) in [6.45, 7) is 11.6. The molecule has 2 aliphatic rings. The van der Waals surface area contributed by atoms with E-state index < -0.39 is 0 Å². The van der Waals surface area contributed by atoms with E-state index in [4.69, 9.17) is 0 Å². The van der Waals surface area contributed by atoms with Crippen LogP contribution in [0.25, 0.3) is 0 Å². The zero-order valence-corrected chi connectivity index (χ0v) is 17.8. The Bertz CT molecular complexity index is 586. The topological polar surface area (TPSA) is 38.8 Å². The highest BCUT2D eigenvalue weighted by atomic mass is 16.1. The molecule has 0 saturated carbocycles. The van der Waals surface area contributed by atoms with Crippen LogP contribution < -0.4 is 5.32 Å². The summed E-state index contributed by atoms with van der Waals surface area (Å²) >= 11 is 0. The van der Waals surface area contributed by atoms with Gasteiger partial charge in [0, 0.05) is 58.9 Å². The number of likely N-dealkylation sites (tertiary alicyclic amines) is 1. The SMILES string of the molecule is CCCCNC(=O)[C@@H]1C[C@H](CN2CCN(C)CC2)CN(Cc2ccccc2)C1. The van der Waals surface area contributed by atoms with Gasteiger partial charge in [-0.25, -0.2) is 0 Å². The first-order chi connectivity index (χ1) is 13.6. The average Bonchev–Trinajstić information content (AvgIpc) is 2.70. The molecule has 2 aliphatic heterocycles. The molecule has 0 bridgehead atoms. The van der Waals surface area contributed by atoms with Gasteiger partial charge in [-0.1, -0.05) is 43.7 Å². The minimum Gasteiger partial charge on any atom is -0.356 e. The van der Waals surface area contributed by atoms with E-state index in [2.05, 4.69) is 64.3 Å². The van der Waals surface area contributed by atoms with Crippen molar-refractivity contribution in [1.29, 1.82) is 0 Å². The molecule has 1 amide bonds. The first kappa shape index (κ1) is 21.3. The van der Waals surface area contributed by atoms with Gasteiger partial charge in [0.05, 0.1) is 5.92 Å². The number of piperidine rings is 1. The lowest BCUT2D eigenvalue weighted by Gasteiger charge is -2.41. The second-order valence-electron chi connectivity index (χ2n) is 8.73. The van der Waals surface area contributed by atoms with Gasteiger partial charge in [0.25, 0.3) is 0 Å². The zero-order valence-electron chi connectivity index (χ0n) is 17.8. The molecule has 2 saturated heterocycles. The summed E-state index contributed by atoms with van der Waals surface area (Å²) in [5.74, 6) is 0.948. The Balaban J connectivity index is 1.60. The number of likely N-dealkylation sites (N-methyl/N-ethyl adjacent to an activating group) is 1. The van der Waals surface area contributed by atoms with Gasteiger partial charge in [0.1, 0.15) is 0 Å². The molecule has 2 fully saturated rings. The summed E-state index contributed by atoms with van der Waals surface area (Å²) in [7, 11) is 2.20. The van der Waals surface area contributed by atoms with Crippen molar-refractivity contribution in [3.8, 4) is 0 Å². The number of amides is 1. The van der Waals surface area contributed by atoms with E-state index in [1.54, 1.807) is 0 Å². The van der Waals surface area contributed by atoms with Crippen LogP contribution in [0.5, 0.6) is 0 Å². The fourth-order valence-electron chi connectivity index (χ4n) is 4.52. The predicted octanol–water partition coefficient (Wildman–Crippen LogP) is 2.29. The van der Waals surface area contributed by atoms with Gasteiger partial charge >= 0.3 is 0 Å². The maximum Gasteiger partial charge on any atom is 0.224 e. The smallest absolute Gasteiger partial charge is 0.224 e. The standard InChI is InChI=1S/C23H38N4O/c1-3-4-10-24-23(28)22-15-21(17-26-13-11-25(2)12-14-26)18-27(19-22)16-20-8-6-5-7-9-20/h5-9,21-22H,3-4,10-19H2,1-2H3,(H,24,28)/t21-,22-/m1/s1. The summed E-state index contributed by atoms with van der Waals surface area (Å²) in [6.07, 6.45) is 3.21. The summed E-state index contributed by atoms with van der Waals surface area (Å²) in [4.78, 5) is 20.3. The zero-order chi connectivity index (χ0) is 19.8. The predicted molar refractivity (Wildman–Crippen MR) is 115 cm³/mol. The number of nitrogens with one attached hydrogen (secondary N) is 1. The molecule has 2 heterocycles. The van der Waals surface area contributed by atoms with Crippen LogP contribution in [0.1, 0.15) is 31.7 Å². The molecule has 28 heavy (non-hydrogen) atoms. The molecule has 0 aliphatic carbocycles. The summed E-state index contributed by atoms with van der Waals surface area (Å²) in [5, 5.41) is 3.18. The van der Waals surface area contributed by atoms with E-state index in [-0.39, 0.29) is 11.8 Å². The van der Waals surface area contributed by atoms with Crippen LogP contribution >= 0.6 is 0 Å².